The molecular weight excluding hydrogens is 280 g/mol. The molecule has 0 saturated carbocycles. The monoisotopic (exact) mass is 298 g/mol. The van der Waals surface area contributed by atoms with Crippen molar-refractivity contribution < 1.29 is 0 Å². The predicted molar refractivity (Wildman–Crippen MR) is 90.8 cm³/mol. The van der Waals surface area contributed by atoms with Crippen LogP contribution in [0.2, 0.25) is 0 Å². The van der Waals surface area contributed by atoms with Gasteiger partial charge in [-0.3, -0.25) is 0 Å². The maximum Gasteiger partial charge on any atom is 0.139 e. The van der Waals surface area contributed by atoms with Crippen LogP contribution in [0.1, 0.15) is 18.3 Å². The molecule has 4 nitrogen and oxygen atoms in total. The molecule has 2 N–H and O–H groups in total. The Morgan fingerprint density at radius 1 is 1.10 bits per heavy atom. The molecule has 0 aliphatic carbocycles. The van der Waals surface area contributed by atoms with Crippen LogP contribution in [-0.2, 0) is 0 Å². The van der Waals surface area contributed by atoms with Gasteiger partial charge in [0.25, 0.3) is 0 Å². The van der Waals surface area contributed by atoms with Crippen molar-refractivity contribution in [2.24, 2.45) is 0 Å². The first-order chi connectivity index (χ1) is 10.2. The molecule has 0 aliphatic heterocycles. The van der Waals surface area contributed by atoms with E-state index in [9.17, 15) is 0 Å². The molecule has 0 fully saturated rings. The van der Waals surface area contributed by atoms with Gasteiger partial charge in [0.1, 0.15) is 17.5 Å². The summed E-state index contributed by atoms with van der Waals surface area (Å²) in [5, 5.41) is 10.0. The molecule has 0 spiro atoms. The highest BCUT2D eigenvalue weighted by Crippen LogP contribution is 2.27. The zero-order chi connectivity index (χ0) is 14.8. The molecule has 2 heterocycles. The maximum atomic E-state index is 4.52. The van der Waals surface area contributed by atoms with E-state index >= 15 is 0 Å². The fraction of sp³-hybridized carbons (Fsp3) is 0.250. The van der Waals surface area contributed by atoms with Gasteiger partial charge >= 0.3 is 0 Å². The van der Waals surface area contributed by atoms with E-state index in [1.165, 1.54) is 10.1 Å². The van der Waals surface area contributed by atoms with E-state index in [0.29, 0.717) is 0 Å². The van der Waals surface area contributed by atoms with Crippen molar-refractivity contribution in [3.8, 4) is 0 Å². The smallest absolute Gasteiger partial charge is 0.139 e. The van der Waals surface area contributed by atoms with Crippen LogP contribution in [0.15, 0.2) is 29.6 Å². The molecule has 21 heavy (non-hydrogen) atoms. The lowest BCUT2D eigenvalue weighted by atomic mass is 10.2. The second kappa shape index (κ2) is 5.69. The van der Waals surface area contributed by atoms with Crippen molar-refractivity contribution in [2.75, 3.05) is 17.2 Å². The summed E-state index contributed by atoms with van der Waals surface area (Å²) in [6.45, 7) is 6.85. The fourth-order valence-electron chi connectivity index (χ4n) is 2.27. The summed E-state index contributed by atoms with van der Waals surface area (Å²) in [5.74, 6) is 2.51. The van der Waals surface area contributed by atoms with Gasteiger partial charge in [0.15, 0.2) is 0 Å². The van der Waals surface area contributed by atoms with Gasteiger partial charge in [-0.2, -0.15) is 0 Å². The standard InChI is InChI=1S/C16H18N4S/c1-4-17-15-10(2)16(19-11(3)18-15)20-13-5-6-14-12(9-13)7-8-21-14/h5-9H,4H2,1-3H3,(H2,17,18,19,20). The Labute approximate surface area is 128 Å². The second-order valence-corrected chi connectivity index (χ2v) is 5.87. The highest BCUT2D eigenvalue weighted by Gasteiger charge is 2.09. The Morgan fingerprint density at radius 3 is 2.71 bits per heavy atom. The summed E-state index contributed by atoms with van der Waals surface area (Å²) in [4.78, 5) is 8.96. The molecule has 0 unspecified atom stereocenters. The van der Waals surface area contributed by atoms with Crippen molar-refractivity contribution >= 4 is 38.7 Å². The number of hydrogen-bond donors (Lipinski definition) is 2. The van der Waals surface area contributed by atoms with E-state index in [-0.39, 0.29) is 0 Å². The van der Waals surface area contributed by atoms with Crippen molar-refractivity contribution in [3.05, 3.63) is 41.0 Å². The van der Waals surface area contributed by atoms with Gasteiger partial charge in [-0.05, 0) is 55.8 Å². The minimum atomic E-state index is 0.760. The van der Waals surface area contributed by atoms with Gasteiger partial charge < -0.3 is 10.6 Å². The van der Waals surface area contributed by atoms with Crippen LogP contribution in [0.4, 0.5) is 17.3 Å². The highest BCUT2D eigenvalue weighted by atomic mass is 32.1. The minimum Gasteiger partial charge on any atom is -0.370 e. The molecule has 3 rings (SSSR count). The van der Waals surface area contributed by atoms with Crippen LogP contribution in [0.25, 0.3) is 10.1 Å². The second-order valence-electron chi connectivity index (χ2n) is 4.92. The van der Waals surface area contributed by atoms with E-state index in [1.54, 1.807) is 11.3 Å². The molecule has 0 atom stereocenters. The summed E-state index contributed by atoms with van der Waals surface area (Å²) in [6, 6.07) is 8.50. The van der Waals surface area contributed by atoms with Crippen molar-refractivity contribution in [2.45, 2.75) is 20.8 Å². The third-order valence-electron chi connectivity index (χ3n) is 3.32. The lowest BCUT2D eigenvalue weighted by Gasteiger charge is -2.13. The predicted octanol–water partition coefficient (Wildman–Crippen LogP) is 4.48. The first-order valence-corrected chi connectivity index (χ1v) is 7.88. The number of rotatable bonds is 4. The zero-order valence-corrected chi connectivity index (χ0v) is 13.2. The summed E-state index contributed by atoms with van der Waals surface area (Å²) in [7, 11) is 0. The van der Waals surface area contributed by atoms with E-state index in [0.717, 1.165) is 35.3 Å². The van der Waals surface area contributed by atoms with Gasteiger partial charge in [-0.25, -0.2) is 9.97 Å². The van der Waals surface area contributed by atoms with E-state index in [2.05, 4.69) is 57.2 Å². The summed E-state index contributed by atoms with van der Waals surface area (Å²) >= 11 is 1.75. The lowest BCUT2D eigenvalue weighted by Crippen LogP contribution is -2.07. The van der Waals surface area contributed by atoms with Gasteiger partial charge in [-0.15, -0.1) is 11.3 Å². The lowest BCUT2D eigenvalue weighted by molar-refractivity contribution is 1.02. The number of nitrogens with one attached hydrogen (secondary N) is 2. The van der Waals surface area contributed by atoms with Crippen molar-refractivity contribution in [3.63, 3.8) is 0 Å². The average Bonchev–Trinajstić information content (AvgIpc) is 2.91. The normalized spacial score (nSPS) is 10.8. The van der Waals surface area contributed by atoms with Crippen LogP contribution in [-0.4, -0.2) is 16.5 Å². The Morgan fingerprint density at radius 2 is 1.90 bits per heavy atom. The van der Waals surface area contributed by atoms with Gasteiger partial charge in [0, 0.05) is 22.5 Å². The third kappa shape index (κ3) is 2.83. The number of aryl methyl sites for hydroxylation is 1. The van der Waals surface area contributed by atoms with E-state index in [1.807, 2.05) is 13.8 Å². The molecule has 0 radical (unpaired) electrons. The molecule has 0 saturated heterocycles. The largest absolute Gasteiger partial charge is 0.370 e. The van der Waals surface area contributed by atoms with Crippen LogP contribution in [0.5, 0.6) is 0 Å². The molecule has 2 aromatic heterocycles. The van der Waals surface area contributed by atoms with Crippen LogP contribution < -0.4 is 10.6 Å². The van der Waals surface area contributed by atoms with Gasteiger partial charge in [0.05, 0.1) is 0 Å². The topological polar surface area (TPSA) is 49.8 Å². The third-order valence-corrected chi connectivity index (χ3v) is 4.21. The number of aromatic nitrogens is 2. The Kier molecular flexibility index (Phi) is 3.75. The summed E-state index contributed by atoms with van der Waals surface area (Å²) in [5.41, 5.74) is 2.08. The molecular formula is C16H18N4S. The number of benzene rings is 1. The first-order valence-electron chi connectivity index (χ1n) is 7.00. The number of hydrogen-bond acceptors (Lipinski definition) is 5. The Hall–Kier alpha value is -2.14. The number of nitrogens with zero attached hydrogens (tertiary/aromatic N) is 2. The molecule has 108 valence electrons. The molecule has 5 heteroatoms. The van der Waals surface area contributed by atoms with Crippen LogP contribution in [0.3, 0.4) is 0 Å². The van der Waals surface area contributed by atoms with Crippen LogP contribution >= 0.6 is 11.3 Å². The molecule has 0 aliphatic rings. The fourth-order valence-corrected chi connectivity index (χ4v) is 3.04. The van der Waals surface area contributed by atoms with Crippen molar-refractivity contribution in [1.29, 1.82) is 0 Å². The Balaban J connectivity index is 1.96. The van der Waals surface area contributed by atoms with Gasteiger partial charge in [0.2, 0.25) is 0 Å². The van der Waals surface area contributed by atoms with Crippen LogP contribution in [0, 0.1) is 13.8 Å². The molecule has 1 aromatic carbocycles. The summed E-state index contributed by atoms with van der Waals surface area (Å²) in [6.07, 6.45) is 0. The molecule has 0 bridgehead atoms. The SMILES string of the molecule is CCNc1nc(C)nc(Nc2ccc3sccc3c2)c1C. The average molecular weight is 298 g/mol. The Bertz CT molecular complexity index is 779. The molecule has 3 aromatic rings. The van der Waals surface area contributed by atoms with E-state index in [4.69, 9.17) is 0 Å². The quantitative estimate of drug-likeness (QED) is 0.745. The maximum absolute atomic E-state index is 4.52. The number of anilines is 3. The molecule has 0 amide bonds. The first kappa shape index (κ1) is 13.8. The van der Waals surface area contributed by atoms with Gasteiger partial charge in [-0.1, -0.05) is 0 Å². The summed E-state index contributed by atoms with van der Waals surface area (Å²) < 4.78 is 1.30. The van der Waals surface area contributed by atoms with E-state index < -0.39 is 0 Å². The zero-order valence-electron chi connectivity index (χ0n) is 12.4. The minimum absolute atomic E-state index is 0.760. The number of thiophene rings is 1. The number of fused-ring (bicyclic) bond motifs is 1. The highest BCUT2D eigenvalue weighted by molar-refractivity contribution is 7.17. The van der Waals surface area contributed by atoms with Crippen molar-refractivity contribution in [1.82, 2.24) is 9.97 Å².